The van der Waals surface area contributed by atoms with Gasteiger partial charge in [0.1, 0.15) is 0 Å². The molecular weight excluding hydrogens is 324 g/mol. The molecule has 0 unspecified atom stereocenters. The molecule has 6 nitrogen and oxygen atoms in total. The molecule has 134 valence electrons. The van der Waals surface area contributed by atoms with Crippen LogP contribution >= 0.6 is 0 Å². The molecule has 24 heavy (non-hydrogen) atoms. The topological polar surface area (TPSA) is 82.6 Å². The Labute approximate surface area is 145 Å². The van der Waals surface area contributed by atoms with Gasteiger partial charge >= 0.3 is 0 Å². The van der Waals surface area contributed by atoms with Crippen molar-refractivity contribution in [3.05, 3.63) is 29.8 Å². The molecule has 0 atom stereocenters. The zero-order valence-electron chi connectivity index (χ0n) is 14.5. The van der Waals surface area contributed by atoms with E-state index in [0.717, 1.165) is 50.3 Å². The number of rotatable bonds is 9. The molecule has 1 aromatic carbocycles. The van der Waals surface area contributed by atoms with Crippen LogP contribution < -0.4 is 15.4 Å². The van der Waals surface area contributed by atoms with Crippen molar-refractivity contribution in [2.24, 2.45) is 4.99 Å². The van der Waals surface area contributed by atoms with Gasteiger partial charge in [0.2, 0.25) is 10.0 Å². The van der Waals surface area contributed by atoms with E-state index in [1.807, 2.05) is 19.1 Å². The third-order valence-electron chi connectivity index (χ3n) is 3.72. The lowest BCUT2D eigenvalue weighted by molar-refractivity contribution is 0.581. The molecule has 1 aromatic rings. The summed E-state index contributed by atoms with van der Waals surface area (Å²) in [6.45, 7) is 6.40. The van der Waals surface area contributed by atoms with Crippen molar-refractivity contribution in [3.63, 3.8) is 0 Å². The highest BCUT2D eigenvalue weighted by molar-refractivity contribution is 7.89. The Balaban J connectivity index is 1.95. The number of nitrogens with one attached hydrogen (secondary N) is 3. The van der Waals surface area contributed by atoms with Crippen LogP contribution in [0.2, 0.25) is 0 Å². The summed E-state index contributed by atoms with van der Waals surface area (Å²) in [5.41, 5.74) is 0.980. The first-order valence-corrected chi connectivity index (χ1v) is 10.2. The Morgan fingerprint density at radius 2 is 1.88 bits per heavy atom. The molecule has 2 rings (SSSR count). The monoisotopic (exact) mass is 352 g/mol. The van der Waals surface area contributed by atoms with E-state index >= 15 is 0 Å². The number of unbranched alkanes of at least 4 members (excludes halogenated alkanes) is 1. The van der Waals surface area contributed by atoms with Crippen molar-refractivity contribution in [2.45, 2.75) is 57.0 Å². The van der Waals surface area contributed by atoms with Crippen LogP contribution in [0.15, 0.2) is 34.2 Å². The highest BCUT2D eigenvalue weighted by Crippen LogP contribution is 2.22. The number of nitrogens with zero attached hydrogens (tertiary/aromatic N) is 1. The predicted molar refractivity (Wildman–Crippen MR) is 97.5 cm³/mol. The van der Waals surface area contributed by atoms with Crippen molar-refractivity contribution in [3.8, 4) is 0 Å². The molecule has 0 bridgehead atoms. The van der Waals surface area contributed by atoms with Crippen LogP contribution in [-0.2, 0) is 16.6 Å². The lowest BCUT2D eigenvalue weighted by Crippen LogP contribution is -2.37. The first-order chi connectivity index (χ1) is 11.5. The molecule has 7 heteroatoms. The summed E-state index contributed by atoms with van der Waals surface area (Å²) in [6.07, 6.45) is 4.11. The molecule has 3 N–H and O–H groups in total. The summed E-state index contributed by atoms with van der Waals surface area (Å²) in [6, 6.07) is 7.05. The van der Waals surface area contributed by atoms with Gasteiger partial charge in [-0.15, -0.1) is 0 Å². The Kier molecular flexibility index (Phi) is 7.05. The fraction of sp³-hybridized carbons (Fsp3) is 0.588. The average molecular weight is 353 g/mol. The first kappa shape index (κ1) is 18.7. The minimum atomic E-state index is -3.38. The standard InChI is InChI=1S/C17H28N4O2S/c1-3-5-12-19-17(18-4-2)20-13-14-6-10-16(11-7-14)24(22,23)21-15-8-9-15/h6-7,10-11,15,21H,3-5,8-9,12-13H2,1-2H3,(H2,18,19,20). The second kappa shape index (κ2) is 9.03. The molecule has 0 amide bonds. The quantitative estimate of drug-likeness (QED) is 0.361. The van der Waals surface area contributed by atoms with E-state index in [-0.39, 0.29) is 6.04 Å². The van der Waals surface area contributed by atoms with Crippen molar-refractivity contribution < 1.29 is 8.42 Å². The van der Waals surface area contributed by atoms with E-state index < -0.39 is 10.0 Å². The molecule has 0 aliphatic heterocycles. The summed E-state index contributed by atoms with van der Waals surface area (Å²) in [5, 5.41) is 6.50. The van der Waals surface area contributed by atoms with Crippen molar-refractivity contribution in [2.75, 3.05) is 13.1 Å². The Hall–Kier alpha value is -1.60. The molecule has 0 heterocycles. The zero-order chi connectivity index (χ0) is 17.4. The zero-order valence-corrected chi connectivity index (χ0v) is 15.3. The third kappa shape index (κ3) is 6.13. The number of benzene rings is 1. The second-order valence-electron chi connectivity index (χ2n) is 6.02. The Morgan fingerprint density at radius 1 is 1.17 bits per heavy atom. The van der Waals surface area contributed by atoms with Crippen molar-refractivity contribution >= 4 is 16.0 Å². The largest absolute Gasteiger partial charge is 0.357 e. The van der Waals surface area contributed by atoms with E-state index in [0.29, 0.717) is 11.4 Å². The fourth-order valence-corrected chi connectivity index (χ4v) is 3.46. The van der Waals surface area contributed by atoms with Crippen LogP contribution in [-0.4, -0.2) is 33.5 Å². The molecular formula is C17H28N4O2S. The van der Waals surface area contributed by atoms with Gasteiger partial charge < -0.3 is 10.6 Å². The number of guanidine groups is 1. The summed E-state index contributed by atoms with van der Waals surface area (Å²) in [5.74, 6) is 0.790. The molecule has 0 radical (unpaired) electrons. The average Bonchev–Trinajstić information content (AvgIpc) is 3.36. The number of hydrogen-bond donors (Lipinski definition) is 3. The minimum Gasteiger partial charge on any atom is -0.357 e. The minimum absolute atomic E-state index is 0.121. The highest BCUT2D eigenvalue weighted by Gasteiger charge is 2.27. The van der Waals surface area contributed by atoms with Crippen LogP contribution in [0, 0.1) is 0 Å². The highest BCUT2D eigenvalue weighted by atomic mass is 32.2. The van der Waals surface area contributed by atoms with E-state index in [2.05, 4.69) is 27.3 Å². The molecule has 1 aliphatic carbocycles. The number of hydrogen-bond acceptors (Lipinski definition) is 3. The summed E-state index contributed by atoms with van der Waals surface area (Å²) < 4.78 is 27.0. The SMILES string of the molecule is CCCCNC(=NCc1ccc(S(=O)(=O)NC2CC2)cc1)NCC. The van der Waals surface area contributed by atoms with Crippen molar-refractivity contribution in [1.82, 2.24) is 15.4 Å². The molecule has 1 saturated carbocycles. The molecule has 1 aliphatic rings. The fourth-order valence-electron chi connectivity index (χ4n) is 2.16. The van der Waals surface area contributed by atoms with Crippen LogP contribution in [0.3, 0.4) is 0 Å². The van der Waals surface area contributed by atoms with Gasteiger partial charge in [0, 0.05) is 19.1 Å². The Bertz CT molecular complexity index is 637. The van der Waals surface area contributed by atoms with Crippen LogP contribution in [0.1, 0.15) is 45.1 Å². The van der Waals surface area contributed by atoms with Gasteiger partial charge in [0.05, 0.1) is 11.4 Å². The van der Waals surface area contributed by atoms with Crippen molar-refractivity contribution in [1.29, 1.82) is 0 Å². The number of aliphatic imine (C=N–C) groups is 1. The lowest BCUT2D eigenvalue weighted by Gasteiger charge is -2.11. The predicted octanol–water partition coefficient (Wildman–Crippen LogP) is 1.98. The van der Waals surface area contributed by atoms with E-state index in [1.54, 1.807) is 12.1 Å². The third-order valence-corrected chi connectivity index (χ3v) is 5.26. The van der Waals surface area contributed by atoms with E-state index in [4.69, 9.17) is 0 Å². The summed E-state index contributed by atoms with van der Waals surface area (Å²) in [7, 11) is -3.38. The summed E-state index contributed by atoms with van der Waals surface area (Å²) >= 11 is 0. The molecule has 0 saturated heterocycles. The van der Waals surface area contributed by atoms with Crippen LogP contribution in [0.4, 0.5) is 0 Å². The van der Waals surface area contributed by atoms with Gasteiger partial charge in [-0.1, -0.05) is 25.5 Å². The van der Waals surface area contributed by atoms with E-state index in [9.17, 15) is 8.42 Å². The van der Waals surface area contributed by atoms with Gasteiger partial charge in [0.15, 0.2) is 5.96 Å². The Morgan fingerprint density at radius 3 is 2.46 bits per heavy atom. The maximum atomic E-state index is 12.1. The molecule has 1 fully saturated rings. The maximum Gasteiger partial charge on any atom is 0.240 e. The van der Waals surface area contributed by atoms with Gasteiger partial charge in [-0.25, -0.2) is 18.1 Å². The van der Waals surface area contributed by atoms with Gasteiger partial charge in [-0.3, -0.25) is 0 Å². The van der Waals surface area contributed by atoms with Gasteiger partial charge in [0.25, 0.3) is 0 Å². The molecule has 0 spiro atoms. The normalized spacial score (nSPS) is 15.3. The first-order valence-electron chi connectivity index (χ1n) is 8.68. The number of sulfonamides is 1. The maximum absolute atomic E-state index is 12.1. The lowest BCUT2D eigenvalue weighted by atomic mass is 10.2. The van der Waals surface area contributed by atoms with Crippen LogP contribution in [0.5, 0.6) is 0 Å². The van der Waals surface area contributed by atoms with Gasteiger partial charge in [-0.2, -0.15) is 0 Å². The smallest absolute Gasteiger partial charge is 0.240 e. The second-order valence-corrected chi connectivity index (χ2v) is 7.73. The molecule has 0 aromatic heterocycles. The van der Waals surface area contributed by atoms with Crippen LogP contribution in [0.25, 0.3) is 0 Å². The summed E-state index contributed by atoms with van der Waals surface area (Å²) in [4.78, 5) is 4.85. The van der Waals surface area contributed by atoms with E-state index in [1.165, 1.54) is 0 Å². The van der Waals surface area contributed by atoms with Gasteiger partial charge in [-0.05, 0) is 43.9 Å².